The predicted molar refractivity (Wildman–Crippen MR) is 225 cm³/mol. The molecular formula is C45H51N3O13. The number of allylic oxidation sites excluding steroid dienone is 2. The summed E-state index contributed by atoms with van der Waals surface area (Å²) in [5.41, 5.74) is -0.424. The van der Waals surface area contributed by atoms with Crippen LogP contribution >= 0.6 is 0 Å². The van der Waals surface area contributed by atoms with Crippen LogP contribution in [0.1, 0.15) is 50.5 Å². The fourth-order valence-corrected chi connectivity index (χ4v) is 8.24. The van der Waals surface area contributed by atoms with Crippen molar-refractivity contribution >= 4 is 56.3 Å². The fraction of sp³-hybridized carbons (Fsp3) is 0.444. The number of ketones is 1. The average molecular weight is 842 g/mol. The molecule has 3 aromatic carbocycles. The van der Waals surface area contributed by atoms with Crippen molar-refractivity contribution in [3.05, 3.63) is 75.7 Å². The molecule has 7 bridgehead atoms. The number of phenols is 1. The fourth-order valence-electron chi connectivity index (χ4n) is 8.24. The first-order valence-corrected chi connectivity index (χ1v) is 20.1. The minimum absolute atomic E-state index is 0.00310. The van der Waals surface area contributed by atoms with E-state index in [9.17, 15) is 29.4 Å². The van der Waals surface area contributed by atoms with Crippen LogP contribution in [0.5, 0.6) is 17.2 Å². The minimum atomic E-state index is -1.59. The Morgan fingerprint density at radius 1 is 1.02 bits per heavy atom. The van der Waals surface area contributed by atoms with Gasteiger partial charge in [0.25, 0.3) is 5.91 Å². The van der Waals surface area contributed by atoms with Crippen molar-refractivity contribution in [3.8, 4) is 17.2 Å². The first kappa shape index (κ1) is 43.3. The molecule has 1 amide bonds. The number of anilines is 1. The lowest BCUT2D eigenvalue weighted by Gasteiger charge is -2.33. The molecule has 3 N–H and O–H groups in total. The summed E-state index contributed by atoms with van der Waals surface area (Å²) in [6.07, 6.45) is 2.05. The molecule has 4 aromatic rings. The molecule has 4 aliphatic heterocycles. The van der Waals surface area contributed by atoms with Gasteiger partial charge in [-0.25, -0.2) is 4.98 Å². The number of ether oxygens (including phenoxy) is 6. The Morgan fingerprint density at radius 2 is 1.77 bits per heavy atom. The standard InChI is InChI=1S/C45H51N3O13/c1-20-12-10-13-21(2)44(54)47-34-37(52)30-29(33-42(34)59-28-15-11-14-27(32(28)46-33)56-19-17-48(7)8)31-38(53)45(61-40(31)23(4)35(30)50)57-18-16-26(55-9)22(3)41(58-25(6)49)43-36(51)24(5)39(20)60-43/h10-16,18,20,22,24,26,36,39,41,43,45,51-52H,17,19H2,1-9H3,(H,47,54)/b12-10+,18-16+,21-13-/t20-,22+,24-,26-,36+,39-,41+,43+,45-/m0/s1. The van der Waals surface area contributed by atoms with Gasteiger partial charge in [0.05, 0.1) is 35.5 Å². The second kappa shape index (κ2) is 17.3. The molecule has 0 saturated carbocycles. The molecule has 16 nitrogen and oxygen atoms in total. The molecule has 0 unspecified atom stereocenters. The first-order valence-electron chi connectivity index (χ1n) is 20.1. The number of rotatable bonds is 6. The number of para-hydroxylation sites is 1. The maximum Gasteiger partial charge on any atom is 0.304 e. The van der Waals surface area contributed by atoms with Crippen molar-refractivity contribution in [2.24, 2.45) is 17.8 Å². The Kier molecular flexibility index (Phi) is 12.3. The number of aliphatic hydroxyl groups is 1. The minimum Gasteiger partial charge on any atom is -0.505 e. The van der Waals surface area contributed by atoms with Crippen LogP contribution in [-0.2, 0) is 28.5 Å². The lowest BCUT2D eigenvalue weighted by atomic mass is 9.86. The van der Waals surface area contributed by atoms with E-state index in [4.69, 9.17) is 37.8 Å². The number of carbonyl (C=O) groups is 3. The number of fused-ring (bicyclic) bond motifs is 9. The maximum absolute atomic E-state index is 14.4. The van der Waals surface area contributed by atoms with E-state index in [0.717, 1.165) is 0 Å². The number of aromatic nitrogens is 1. The van der Waals surface area contributed by atoms with E-state index < -0.39 is 71.6 Å². The van der Waals surface area contributed by atoms with Crippen LogP contribution < -0.4 is 20.2 Å². The summed E-state index contributed by atoms with van der Waals surface area (Å²) in [6.45, 7) is 10.7. The zero-order chi connectivity index (χ0) is 44.0. The summed E-state index contributed by atoms with van der Waals surface area (Å²) in [6, 6.07) is 5.06. The Labute approximate surface area is 351 Å². The van der Waals surface area contributed by atoms with E-state index in [0.29, 0.717) is 18.9 Å². The predicted octanol–water partition coefficient (Wildman–Crippen LogP) is 5.32. The zero-order valence-electron chi connectivity index (χ0n) is 35.5. The van der Waals surface area contributed by atoms with Crippen molar-refractivity contribution in [2.45, 2.75) is 78.4 Å². The van der Waals surface area contributed by atoms with Gasteiger partial charge in [-0.05, 0) is 46.2 Å². The van der Waals surface area contributed by atoms with E-state index in [1.165, 1.54) is 33.3 Å². The number of nitrogens with zero attached hydrogens (tertiary/aromatic N) is 2. The number of methoxy groups -OCH3 is 1. The first-order chi connectivity index (χ1) is 29.0. The van der Waals surface area contributed by atoms with Gasteiger partial charge in [-0.1, -0.05) is 45.1 Å². The van der Waals surface area contributed by atoms with Gasteiger partial charge < -0.3 is 53.3 Å². The summed E-state index contributed by atoms with van der Waals surface area (Å²) in [5.74, 6) is -3.52. The number of likely N-dealkylation sites (N-methyl/N-ethyl adjacent to an activating group) is 1. The van der Waals surface area contributed by atoms with Crippen molar-refractivity contribution in [3.63, 3.8) is 0 Å². The number of aliphatic hydroxyl groups excluding tert-OH is 1. The lowest BCUT2D eigenvalue weighted by molar-refractivity contribution is -0.168. The van der Waals surface area contributed by atoms with E-state index in [1.807, 2.05) is 38.9 Å². The SMILES string of the molecule is CO[C@H]1/C=C/O[C@H]2Oc3c(C)c(=O)c4c(O)c(c5oc6cccc(OCCN(C)C)c6nc5c4c3C2=O)NC(=O)/C(C)=C\C=C\[C@H](C)[C@@H]2O[C@H]([C@H](O)[C@@H]2C)[C@H](OC(C)=O)[C@@H]1C. The number of hydrogen-bond donors (Lipinski definition) is 3. The molecule has 0 radical (unpaired) electrons. The summed E-state index contributed by atoms with van der Waals surface area (Å²) >= 11 is 0. The van der Waals surface area contributed by atoms with Crippen molar-refractivity contribution < 1.29 is 57.4 Å². The highest BCUT2D eigenvalue weighted by Gasteiger charge is 2.50. The lowest BCUT2D eigenvalue weighted by Crippen LogP contribution is -2.46. The third-order valence-corrected chi connectivity index (χ3v) is 11.7. The second-order valence-corrected chi connectivity index (χ2v) is 16.2. The molecule has 61 heavy (non-hydrogen) atoms. The molecule has 0 aliphatic carbocycles. The molecular weight excluding hydrogens is 791 g/mol. The number of amides is 1. The Bertz CT molecular complexity index is 2560. The number of aromatic hydroxyl groups is 1. The van der Waals surface area contributed by atoms with Crippen molar-refractivity contribution in [1.29, 1.82) is 0 Å². The molecule has 324 valence electrons. The van der Waals surface area contributed by atoms with Gasteiger partial charge in [-0.2, -0.15) is 0 Å². The number of esters is 1. The molecule has 1 saturated heterocycles. The van der Waals surface area contributed by atoms with Crippen LogP contribution in [0.15, 0.2) is 63.6 Å². The van der Waals surface area contributed by atoms with E-state index in [2.05, 4.69) is 5.32 Å². The zero-order valence-corrected chi connectivity index (χ0v) is 35.5. The van der Waals surface area contributed by atoms with Gasteiger partial charge in [0.1, 0.15) is 47.0 Å². The molecule has 4 aliphatic rings. The van der Waals surface area contributed by atoms with Crippen LogP contribution in [0.4, 0.5) is 5.69 Å². The third-order valence-electron chi connectivity index (χ3n) is 11.7. The van der Waals surface area contributed by atoms with Crippen LogP contribution in [0, 0.1) is 24.7 Å². The van der Waals surface area contributed by atoms with Crippen molar-refractivity contribution in [1.82, 2.24) is 9.88 Å². The largest absolute Gasteiger partial charge is 0.505 e. The Balaban J connectivity index is 1.43. The molecule has 0 spiro atoms. The van der Waals surface area contributed by atoms with Crippen LogP contribution in [0.2, 0.25) is 0 Å². The summed E-state index contributed by atoms with van der Waals surface area (Å²) in [4.78, 5) is 61.9. The molecule has 1 fully saturated rings. The smallest absolute Gasteiger partial charge is 0.304 e. The number of carbonyl (C=O) groups excluding carboxylic acids is 3. The highest BCUT2D eigenvalue weighted by atomic mass is 16.7. The van der Waals surface area contributed by atoms with E-state index >= 15 is 0 Å². The number of nitrogens with one attached hydrogen (secondary N) is 1. The van der Waals surface area contributed by atoms with Gasteiger partial charge >= 0.3 is 12.3 Å². The summed E-state index contributed by atoms with van der Waals surface area (Å²) in [7, 11) is 5.27. The van der Waals surface area contributed by atoms with Gasteiger partial charge in [-0.15, -0.1) is 0 Å². The maximum atomic E-state index is 14.4. The van der Waals surface area contributed by atoms with Gasteiger partial charge in [0, 0.05) is 54.9 Å². The summed E-state index contributed by atoms with van der Waals surface area (Å²) < 4.78 is 42.5. The van der Waals surface area contributed by atoms with E-state index in [-0.39, 0.29) is 72.9 Å². The third kappa shape index (κ3) is 7.96. The average Bonchev–Trinajstić information content (AvgIpc) is 3.71. The quantitative estimate of drug-likeness (QED) is 0.0973. The Morgan fingerprint density at radius 3 is 2.48 bits per heavy atom. The van der Waals surface area contributed by atoms with Gasteiger partial charge in [-0.3, -0.25) is 19.2 Å². The normalized spacial score (nSPS) is 28.8. The number of Topliss-reactive ketones (excluding diaryl/α,β-unsaturated/α-hetero) is 1. The molecule has 1 aromatic heterocycles. The topological polar surface area (TPSA) is 205 Å². The van der Waals surface area contributed by atoms with Gasteiger partial charge in [0.15, 0.2) is 22.3 Å². The highest BCUT2D eigenvalue weighted by Crippen LogP contribution is 2.47. The Hall–Kier alpha value is -5.81. The number of benzene rings is 3. The van der Waals surface area contributed by atoms with Gasteiger partial charge in [0.2, 0.25) is 5.78 Å². The van der Waals surface area contributed by atoms with Crippen LogP contribution in [0.25, 0.3) is 33.0 Å². The molecule has 5 heterocycles. The second-order valence-electron chi connectivity index (χ2n) is 16.2. The van der Waals surface area contributed by atoms with Crippen LogP contribution in [0.3, 0.4) is 0 Å². The number of phenolic OH excluding ortho intramolecular Hbond substituents is 1. The molecule has 9 atom stereocenters. The number of hydrogen-bond acceptors (Lipinski definition) is 15. The van der Waals surface area contributed by atoms with Crippen LogP contribution in [-0.4, -0.2) is 109 Å². The highest BCUT2D eigenvalue weighted by molar-refractivity contribution is 6.26. The molecule has 16 heteroatoms. The summed E-state index contributed by atoms with van der Waals surface area (Å²) in [5, 5.41) is 25.8. The molecule has 8 rings (SSSR count). The monoisotopic (exact) mass is 841 g/mol. The van der Waals surface area contributed by atoms with Crippen molar-refractivity contribution in [2.75, 3.05) is 39.7 Å². The van der Waals surface area contributed by atoms with E-state index in [1.54, 1.807) is 44.2 Å².